The summed E-state index contributed by atoms with van der Waals surface area (Å²) < 4.78 is 8.92. The summed E-state index contributed by atoms with van der Waals surface area (Å²) in [5, 5.41) is 12.2. The van der Waals surface area contributed by atoms with E-state index >= 15 is 0 Å². The average molecular weight is 277 g/mol. The number of ether oxygens (including phenoxy) is 1. The first kappa shape index (κ1) is 14.7. The van der Waals surface area contributed by atoms with E-state index in [1.807, 2.05) is 22.5 Å². The Hall–Kier alpha value is -1.66. The molecule has 6 heteroatoms. The SMILES string of the molecule is CCn1cc(Cn2cc(CNCCOC)c(C)n2)cn1. The molecule has 2 rings (SSSR count). The largest absolute Gasteiger partial charge is 0.383 e. The molecule has 0 spiro atoms. The van der Waals surface area contributed by atoms with Crippen molar-refractivity contribution in [3.05, 3.63) is 35.4 Å². The smallest absolute Gasteiger partial charge is 0.0690 e. The summed E-state index contributed by atoms with van der Waals surface area (Å²) in [6.07, 6.45) is 6.06. The molecule has 0 aliphatic heterocycles. The first-order chi connectivity index (χ1) is 9.72. The summed E-state index contributed by atoms with van der Waals surface area (Å²) in [7, 11) is 1.71. The molecule has 2 aromatic heterocycles. The molecule has 0 radical (unpaired) electrons. The van der Waals surface area contributed by atoms with Crippen LogP contribution in [0.15, 0.2) is 18.6 Å². The summed E-state index contributed by atoms with van der Waals surface area (Å²) >= 11 is 0. The fraction of sp³-hybridized carbons (Fsp3) is 0.571. The number of nitrogens with one attached hydrogen (secondary N) is 1. The maximum atomic E-state index is 5.01. The summed E-state index contributed by atoms with van der Waals surface area (Å²) in [5.74, 6) is 0. The third-order valence-electron chi connectivity index (χ3n) is 3.20. The summed E-state index contributed by atoms with van der Waals surface area (Å²) in [4.78, 5) is 0. The van der Waals surface area contributed by atoms with Crippen LogP contribution < -0.4 is 5.32 Å². The van der Waals surface area contributed by atoms with Crippen LogP contribution in [0.3, 0.4) is 0 Å². The van der Waals surface area contributed by atoms with Gasteiger partial charge in [0, 0.05) is 50.3 Å². The lowest BCUT2D eigenvalue weighted by molar-refractivity contribution is 0.199. The van der Waals surface area contributed by atoms with Crippen LogP contribution in [-0.4, -0.2) is 39.8 Å². The zero-order chi connectivity index (χ0) is 14.4. The molecule has 0 saturated heterocycles. The van der Waals surface area contributed by atoms with E-state index in [4.69, 9.17) is 4.74 Å². The summed E-state index contributed by atoms with van der Waals surface area (Å²) in [6.45, 7) is 8.18. The molecular weight excluding hydrogens is 254 g/mol. The topological polar surface area (TPSA) is 56.9 Å². The second-order valence-electron chi connectivity index (χ2n) is 4.81. The fourth-order valence-corrected chi connectivity index (χ4v) is 2.06. The van der Waals surface area contributed by atoms with Crippen molar-refractivity contribution in [2.75, 3.05) is 20.3 Å². The van der Waals surface area contributed by atoms with Gasteiger partial charge in [0.1, 0.15) is 0 Å². The molecule has 0 fully saturated rings. The van der Waals surface area contributed by atoms with Crippen molar-refractivity contribution in [3.63, 3.8) is 0 Å². The van der Waals surface area contributed by atoms with Gasteiger partial charge in [-0.05, 0) is 13.8 Å². The molecule has 20 heavy (non-hydrogen) atoms. The minimum Gasteiger partial charge on any atom is -0.383 e. The van der Waals surface area contributed by atoms with Gasteiger partial charge >= 0.3 is 0 Å². The molecule has 0 atom stereocenters. The molecule has 0 aliphatic rings. The minimum absolute atomic E-state index is 0.726. The number of hydrogen-bond donors (Lipinski definition) is 1. The van der Waals surface area contributed by atoms with Gasteiger partial charge in [0.2, 0.25) is 0 Å². The van der Waals surface area contributed by atoms with Crippen LogP contribution in [0.5, 0.6) is 0 Å². The van der Waals surface area contributed by atoms with E-state index in [9.17, 15) is 0 Å². The van der Waals surface area contributed by atoms with Gasteiger partial charge < -0.3 is 10.1 Å². The molecular formula is C14H23N5O. The zero-order valence-electron chi connectivity index (χ0n) is 12.5. The summed E-state index contributed by atoms with van der Waals surface area (Å²) in [6, 6.07) is 0. The van der Waals surface area contributed by atoms with E-state index in [1.165, 1.54) is 11.1 Å². The Balaban J connectivity index is 1.92. The highest BCUT2D eigenvalue weighted by Crippen LogP contribution is 2.08. The Labute approximate surface area is 119 Å². The van der Waals surface area contributed by atoms with Crippen molar-refractivity contribution in [2.24, 2.45) is 0 Å². The van der Waals surface area contributed by atoms with Gasteiger partial charge in [-0.1, -0.05) is 0 Å². The van der Waals surface area contributed by atoms with Crippen molar-refractivity contribution in [2.45, 2.75) is 33.5 Å². The van der Waals surface area contributed by atoms with Crippen molar-refractivity contribution in [3.8, 4) is 0 Å². The second-order valence-corrected chi connectivity index (χ2v) is 4.81. The highest BCUT2D eigenvalue weighted by molar-refractivity contribution is 5.16. The lowest BCUT2D eigenvalue weighted by Gasteiger charge is -2.02. The van der Waals surface area contributed by atoms with Gasteiger partial charge in [-0.2, -0.15) is 10.2 Å². The Bertz CT molecular complexity index is 531. The number of hydrogen-bond acceptors (Lipinski definition) is 4. The van der Waals surface area contributed by atoms with Crippen molar-refractivity contribution in [1.29, 1.82) is 0 Å². The number of methoxy groups -OCH3 is 1. The van der Waals surface area contributed by atoms with E-state index in [-0.39, 0.29) is 0 Å². The molecule has 0 saturated carbocycles. The first-order valence-corrected chi connectivity index (χ1v) is 6.96. The fourth-order valence-electron chi connectivity index (χ4n) is 2.06. The normalized spacial score (nSPS) is 11.2. The molecule has 0 aliphatic carbocycles. The first-order valence-electron chi connectivity index (χ1n) is 6.96. The van der Waals surface area contributed by atoms with Crippen LogP contribution in [0, 0.1) is 6.92 Å². The maximum Gasteiger partial charge on any atom is 0.0690 e. The number of aromatic nitrogens is 4. The van der Waals surface area contributed by atoms with Crippen LogP contribution in [-0.2, 0) is 24.4 Å². The average Bonchev–Trinajstić information content (AvgIpc) is 3.02. The lowest BCUT2D eigenvalue weighted by atomic mass is 10.2. The standard InChI is InChI=1S/C14H23N5O/c1-4-18-9-13(7-16-18)10-19-11-14(12(2)17-19)8-15-5-6-20-3/h7,9,11,15H,4-6,8,10H2,1-3H3. The molecule has 2 aromatic rings. The predicted octanol–water partition coefficient (Wildman–Crippen LogP) is 1.19. The Morgan fingerprint density at radius 2 is 2.15 bits per heavy atom. The van der Waals surface area contributed by atoms with E-state index in [0.29, 0.717) is 0 Å². The summed E-state index contributed by atoms with van der Waals surface area (Å²) in [5.41, 5.74) is 3.47. The van der Waals surface area contributed by atoms with E-state index < -0.39 is 0 Å². The molecule has 1 N–H and O–H groups in total. The van der Waals surface area contributed by atoms with E-state index in [2.05, 4.69) is 34.8 Å². The highest BCUT2D eigenvalue weighted by Gasteiger charge is 2.06. The van der Waals surface area contributed by atoms with Crippen LogP contribution >= 0.6 is 0 Å². The van der Waals surface area contributed by atoms with Crippen molar-refractivity contribution < 1.29 is 4.74 Å². The predicted molar refractivity (Wildman–Crippen MR) is 77.5 cm³/mol. The second kappa shape index (κ2) is 7.21. The van der Waals surface area contributed by atoms with Gasteiger partial charge in [-0.25, -0.2) is 0 Å². The molecule has 0 amide bonds. The van der Waals surface area contributed by atoms with Gasteiger partial charge in [0.15, 0.2) is 0 Å². The number of aryl methyl sites for hydroxylation is 2. The van der Waals surface area contributed by atoms with Gasteiger partial charge in [0.05, 0.1) is 25.0 Å². The molecule has 6 nitrogen and oxygen atoms in total. The van der Waals surface area contributed by atoms with Gasteiger partial charge in [0.25, 0.3) is 0 Å². The molecule has 2 heterocycles. The monoisotopic (exact) mass is 277 g/mol. The Morgan fingerprint density at radius 1 is 1.30 bits per heavy atom. The number of rotatable bonds is 8. The van der Waals surface area contributed by atoms with E-state index in [1.54, 1.807) is 7.11 Å². The van der Waals surface area contributed by atoms with Crippen molar-refractivity contribution in [1.82, 2.24) is 24.9 Å². The molecule has 0 unspecified atom stereocenters. The number of nitrogens with zero attached hydrogens (tertiary/aromatic N) is 4. The molecule has 0 bridgehead atoms. The molecule has 0 aromatic carbocycles. The van der Waals surface area contributed by atoms with Crippen LogP contribution in [0.4, 0.5) is 0 Å². The highest BCUT2D eigenvalue weighted by atomic mass is 16.5. The quantitative estimate of drug-likeness (QED) is 0.737. The van der Waals surface area contributed by atoms with Gasteiger partial charge in [-0.15, -0.1) is 0 Å². The van der Waals surface area contributed by atoms with Crippen LogP contribution in [0.25, 0.3) is 0 Å². The Kier molecular flexibility index (Phi) is 5.31. The lowest BCUT2D eigenvalue weighted by Crippen LogP contribution is -2.18. The molecule has 110 valence electrons. The van der Waals surface area contributed by atoms with Crippen molar-refractivity contribution >= 4 is 0 Å². The third kappa shape index (κ3) is 3.91. The minimum atomic E-state index is 0.726. The van der Waals surface area contributed by atoms with E-state index in [0.717, 1.165) is 38.5 Å². The maximum absolute atomic E-state index is 5.01. The van der Waals surface area contributed by atoms with Gasteiger partial charge in [-0.3, -0.25) is 9.36 Å². The Morgan fingerprint density at radius 3 is 2.85 bits per heavy atom. The van der Waals surface area contributed by atoms with Crippen LogP contribution in [0.1, 0.15) is 23.7 Å². The third-order valence-corrected chi connectivity index (χ3v) is 3.20. The zero-order valence-corrected chi connectivity index (χ0v) is 12.5. The van der Waals surface area contributed by atoms with Crippen LogP contribution in [0.2, 0.25) is 0 Å².